The smallest absolute Gasteiger partial charge is 0.262 e. The number of hydrogen-bond acceptors (Lipinski definition) is 4. The third-order valence-electron chi connectivity index (χ3n) is 5.06. The molecule has 4 nitrogen and oxygen atoms in total. The second kappa shape index (κ2) is 7.17. The highest BCUT2D eigenvalue weighted by Crippen LogP contribution is 2.33. The second-order valence-electron chi connectivity index (χ2n) is 6.98. The topological polar surface area (TPSA) is 46.9 Å². The van der Waals surface area contributed by atoms with Crippen molar-refractivity contribution in [2.75, 3.05) is 6.54 Å². The van der Waals surface area contributed by atoms with E-state index >= 15 is 0 Å². The van der Waals surface area contributed by atoms with Crippen LogP contribution in [0.1, 0.15) is 28.0 Å². The maximum absolute atomic E-state index is 13.1. The van der Waals surface area contributed by atoms with Crippen molar-refractivity contribution < 1.29 is 0 Å². The average Bonchev–Trinajstić information content (AvgIpc) is 3.02. The van der Waals surface area contributed by atoms with Gasteiger partial charge in [0.05, 0.1) is 18.3 Å². The molecular formula is C21H23N3OS. The highest BCUT2D eigenvalue weighted by molar-refractivity contribution is 7.18. The van der Waals surface area contributed by atoms with Crippen LogP contribution in [0.15, 0.2) is 48.0 Å². The number of fused-ring (bicyclic) bond motifs is 3. The first-order valence-corrected chi connectivity index (χ1v) is 9.87. The maximum Gasteiger partial charge on any atom is 0.262 e. The van der Waals surface area contributed by atoms with Gasteiger partial charge in [0.1, 0.15) is 4.83 Å². The van der Waals surface area contributed by atoms with Crippen molar-refractivity contribution >= 4 is 21.6 Å². The predicted molar refractivity (Wildman–Crippen MR) is 108 cm³/mol. The summed E-state index contributed by atoms with van der Waals surface area (Å²) in [7, 11) is 0. The molecule has 0 saturated carbocycles. The van der Waals surface area contributed by atoms with Gasteiger partial charge in [0.25, 0.3) is 5.56 Å². The molecule has 0 bridgehead atoms. The fourth-order valence-corrected chi connectivity index (χ4v) is 4.89. The molecule has 3 aromatic rings. The number of nitrogens with one attached hydrogen (secondary N) is 1. The molecule has 0 amide bonds. The minimum absolute atomic E-state index is 0.0885. The summed E-state index contributed by atoms with van der Waals surface area (Å²) in [5.41, 5.74) is 3.65. The standard InChI is InChI=1S/C21H23N3OS/c1-3-10-22-16-8-9-17-18(11-16)26-20-19(17)21(25)24(13-23-20)12-15-6-4-14(2)5-7-15/h3-7,13,16,22H,1,8-12H2,2H3/t16-/m1/s1. The van der Waals surface area contributed by atoms with E-state index in [0.29, 0.717) is 12.6 Å². The van der Waals surface area contributed by atoms with E-state index in [-0.39, 0.29) is 5.56 Å². The highest BCUT2D eigenvalue weighted by Gasteiger charge is 2.24. The first-order chi connectivity index (χ1) is 12.7. The molecule has 5 heteroatoms. The van der Waals surface area contributed by atoms with E-state index in [1.54, 1.807) is 22.2 Å². The lowest BCUT2D eigenvalue weighted by Gasteiger charge is -2.22. The summed E-state index contributed by atoms with van der Waals surface area (Å²) in [6.07, 6.45) is 6.56. The van der Waals surface area contributed by atoms with Crippen LogP contribution in [0.2, 0.25) is 0 Å². The summed E-state index contributed by atoms with van der Waals surface area (Å²) in [4.78, 5) is 19.9. The van der Waals surface area contributed by atoms with Crippen LogP contribution in [0.25, 0.3) is 10.2 Å². The Morgan fingerprint density at radius 2 is 2.19 bits per heavy atom. The van der Waals surface area contributed by atoms with Gasteiger partial charge in [0.15, 0.2) is 0 Å². The van der Waals surface area contributed by atoms with Gasteiger partial charge in [-0.15, -0.1) is 17.9 Å². The minimum Gasteiger partial charge on any atom is -0.310 e. The van der Waals surface area contributed by atoms with Gasteiger partial charge in [0, 0.05) is 17.5 Å². The summed E-state index contributed by atoms with van der Waals surface area (Å²) in [5.74, 6) is 0. The van der Waals surface area contributed by atoms with Crippen molar-refractivity contribution in [2.45, 2.75) is 38.8 Å². The van der Waals surface area contributed by atoms with Gasteiger partial charge in [-0.3, -0.25) is 9.36 Å². The van der Waals surface area contributed by atoms with Crippen LogP contribution in [0.5, 0.6) is 0 Å². The van der Waals surface area contributed by atoms with Gasteiger partial charge < -0.3 is 5.32 Å². The summed E-state index contributed by atoms with van der Waals surface area (Å²) >= 11 is 1.68. The van der Waals surface area contributed by atoms with Gasteiger partial charge in [-0.25, -0.2) is 4.98 Å². The summed E-state index contributed by atoms with van der Waals surface area (Å²) in [6, 6.07) is 8.77. The first-order valence-electron chi connectivity index (χ1n) is 9.05. The van der Waals surface area contributed by atoms with Crippen molar-refractivity contribution in [2.24, 2.45) is 0 Å². The first kappa shape index (κ1) is 17.2. The Labute approximate surface area is 157 Å². The van der Waals surface area contributed by atoms with Crippen LogP contribution in [-0.4, -0.2) is 22.1 Å². The van der Waals surface area contributed by atoms with E-state index in [2.05, 4.69) is 48.1 Å². The lowest BCUT2D eigenvalue weighted by atomic mass is 9.93. The van der Waals surface area contributed by atoms with Crippen LogP contribution in [0, 0.1) is 6.92 Å². The molecule has 0 aliphatic heterocycles. The summed E-state index contributed by atoms with van der Waals surface area (Å²) in [5, 5.41) is 4.34. The molecule has 1 N–H and O–H groups in total. The molecule has 0 radical (unpaired) electrons. The molecule has 1 aliphatic carbocycles. The van der Waals surface area contributed by atoms with Crippen molar-refractivity contribution in [3.63, 3.8) is 0 Å². The number of nitrogens with zero attached hydrogens (tertiary/aromatic N) is 2. The lowest BCUT2D eigenvalue weighted by molar-refractivity contribution is 0.485. The monoisotopic (exact) mass is 365 g/mol. The zero-order valence-electron chi connectivity index (χ0n) is 15.0. The fraction of sp³-hybridized carbons (Fsp3) is 0.333. The molecule has 1 aliphatic rings. The minimum atomic E-state index is 0.0885. The molecule has 0 unspecified atom stereocenters. The number of aromatic nitrogens is 2. The second-order valence-corrected chi connectivity index (χ2v) is 8.07. The van der Waals surface area contributed by atoms with E-state index in [9.17, 15) is 4.79 Å². The van der Waals surface area contributed by atoms with Crippen LogP contribution in [-0.2, 0) is 19.4 Å². The molecule has 0 fully saturated rings. The van der Waals surface area contributed by atoms with Crippen molar-refractivity contribution in [1.29, 1.82) is 0 Å². The number of benzene rings is 1. The van der Waals surface area contributed by atoms with E-state index in [1.165, 1.54) is 16.0 Å². The third-order valence-corrected chi connectivity index (χ3v) is 6.22. The molecule has 2 heterocycles. The quantitative estimate of drug-likeness (QED) is 0.705. The fourth-order valence-electron chi connectivity index (χ4n) is 3.63. The molecule has 2 aromatic heterocycles. The van der Waals surface area contributed by atoms with Gasteiger partial charge >= 0.3 is 0 Å². The Balaban J connectivity index is 1.67. The molecule has 1 aromatic carbocycles. The largest absolute Gasteiger partial charge is 0.310 e. The van der Waals surface area contributed by atoms with E-state index in [1.807, 2.05) is 6.08 Å². The maximum atomic E-state index is 13.1. The van der Waals surface area contributed by atoms with E-state index < -0.39 is 0 Å². The Hall–Kier alpha value is -2.24. The van der Waals surface area contributed by atoms with Crippen LogP contribution < -0.4 is 10.9 Å². The van der Waals surface area contributed by atoms with E-state index in [0.717, 1.165) is 41.6 Å². The number of hydrogen-bond donors (Lipinski definition) is 1. The third kappa shape index (κ3) is 3.24. The normalized spacial score (nSPS) is 16.6. The van der Waals surface area contributed by atoms with Crippen molar-refractivity contribution in [3.8, 4) is 0 Å². The van der Waals surface area contributed by atoms with Crippen molar-refractivity contribution in [3.05, 3.63) is 75.2 Å². The SMILES string of the molecule is C=CCN[C@@H]1CCc2c(sc3ncn(Cc4ccc(C)cc4)c(=O)c23)C1. The Morgan fingerprint density at radius 1 is 1.38 bits per heavy atom. The predicted octanol–water partition coefficient (Wildman–Crippen LogP) is 3.45. The van der Waals surface area contributed by atoms with Crippen LogP contribution >= 0.6 is 11.3 Å². The van der Waals surface area contributed by atoms with E-state index in [4.69, 9.17) is 0 Å². The molecule has 26 heavy (non-hydrogen) atoms. The highest BCUT2D eigenvalue weighted by atomic mass is 32.1. The van der Waals surface area contributed by atoms with Gasteiger partial charge in [-0.2, -0.15) is 0 Å². The zero-order valence-corrected chi connectivity index (χ0v) is 15.8. The lowest BCUT2D eigenvalue weighted by Crippen LogP contribution is -2.34. The Bertz CT molecular complexity index is 1000. The molecule has 0 saturated heterocycles. The molecular weight excluding hydrogens is 342 g/mol. The van der Waals surface area contributed by atoms with Gasteiger partial charge in [0.2, 0.25) is 0 Å². The average molecular weight is 366 g/mol. The number of aryl methyl sites for hydroxylation is 2. The van der Waals surface area contributed by atoms with Crippen LogP contribution in [0.3, 0.4) is 0 Å². The molecule has 0 spiro atoms. The molecule has 1 atom stereocenters. The summed E-state index contributed by atoms with van der Waals surface area (Å²) < 4.78 is 1.74. The number of rotatable bonds is 5. The number of thiophene rings is 1. The van der Waals surface area contributed by atoms with Gasteiger partial charge in [-0.05, 0) is 37.3 Å². The Morgan fingerprint density at radius 3 is 2.96 bits per heavy atom. The Kier molecular flexibility index (Phi) is 4.74. The van der Waals surface area contributed by atoms with Crippen molar-refractivity contribution in [1.82, 2.24) is 14.9 Å². The summed E-state index contributed by atoms with van der Waals surface area (Å²) in [6.45, 7) is 7.23. The van der Waals surface area contributed by atoms with Gasteiger partial charge in [-0.1, -0.05) is 35.9 Å². The molecule has 4 rings (SSSR count). The van der Waals surface area contributed by atoms with Crippen LogP contribution in [0.4, 0.5) is 0 Å². The molecule has 134 valence electrons. The zero-order chi connectivity index (χ0) is 18.1.